The maximum Gasteiger partial charge on any atom is 0.105 e. The van der Waals surface area contributed by atoms with Gasteiger partial charge in [-0.25, -0.2) is 4.99 Å². The van der Waals surface area contributed by atoms with E-state index in [1.807, 2.05) is 30.3 Å². The molecule has 0 saturated carbocycles. The Morgan fingerprint density at radius 2 is 2.18 bits per heavy atom. The van der Waals surface area contributed by atoms with Crippen molar-refractivity contribution < 1.29 is 0 Å². The summed E-state index contributed by atoms with van der Waals surface area (Å²) in [6, 6.07) is 12.2. The monoisotopic (exact) mass is 224 g/mol. The van der Waals surface area contributed by atoms with E-state index in [0.29, 0.717) is 12.1 Å². The average Bonchev–Trinajstić information content (AvgIpc) is 2.39. The lowest BCUT2D eigenvalue weighted by Crippen LogP contribution is -2.00. The highest BCUT2D eigenvalue weighted by atomic mass is 14.7. The Bertz CT molecular complexity index is 459. The second-order valence-corrected chi connectivity index (χ2v) is 3.64. The van der Waals surface area contributed by atoms with E-state index in [0.717, 1.165) is 12.0 Å². The molecule has 0 bridgehead atoms. The standard InChI is InChI=1S/C15H16N2/c1-3-10-17-12-14(11-16)15(4-2)13-8-6-5-7-9-13/h3,5-9,15H,1,4,10H2,2H3. The number of rotatable bonds is 5. The van der Waals surface area contributed by atoms with Gasteiger partial charge in [0.25, 0.3) is 0 Å². The zero-order valence-corrected chi connectivity index (χ0v) is 10.1. The van der Waals surface area contributed by atoms with Crippen molar-refractivity contribution in [2.24, 2.45) is 4.99 Å². The number of hydrogen-bond donors (Lipinski definition) is 0. The third-order valence-electron chi connectivity index (χ3n) is 2.50. The van der Waals surface area contributed by atoms with Crippen molar-refractivity contribution in [3.05, 3.63) is 54.1 Å². The van der Waals surface area contributed by atoms with Gasteiger partial charge in [-0.15, -0.1) is 6.58 Å². The summed E-state index contributed by atoms with van der Waals surface area (Å²) in [6.07, 6.45) is 2.55. The van der Waals surface area contributed by atoms with Crippen molar-refractivity contribution in [1.29, 1.82) is 5.26 Å². The molecule has 1 aromatic rings. The van der Waals surface area contributed by atoms with Crippen LogP contribution in [0.1, 0.15) is 24.8 Å². The van der Waals surface area contributed by atoms with Crippen molar-refractivity contribution in [1.82, 2.24) is 0 Å². The van der Waals surface area contributed by atoms with Crippen LogP contribution in [0.5, 0.6) is 0 Å². The van der Waals surface area contributed by atoms with E-state index < -0.39 is 0 Å². The molecule has 0 aliphatic heterocycles. The molecule has 1 aromatic carbocycles. The van der Waals surface area contributed by atoms with E-state index in [1.165, 1.54) is 0 Å². The summed E-state index contributed by atoms with van der Waals surface area (Å²) in [5.41, 5.74) is 1.72. The summed E-state index contributed by atoms with van der Waals surface area (Å²) in [6.45, 7) is 6.14. The topological polar surface area (TPSA) is 36.1 Å². The fourth-order valence-electron chi connectivity index (χ4n) is 1.67. The van der Waals surface area contributed by atoms with Crippen LogP contribution in [-0.4, -0.2) is 12.4 Å². The minimum Gasteiger partial charge on any atom is -0.238 e. The summed E-state index contributed by atoms with van der Waals surface area (Å²) in [7, 11) is 0. The molecule has 0 saturated heterocycles. The molecule has 1 unspecified atom stereocenters. The van der Waals surface area contributed by atoms with Crippen LogP contribution in [0.25, 0.3) is 0 Å². The zero-order chi connectivity index (χ0) is 12.5. The van der Waals surface area contributed by atoms with E-state index >= 15 is 0 Å². The molecule has 1 rings (SSSR count). The van der Waals surface area contributed by atoms with E-state index in [4.69, 9.17) is 5.26 Å². The van der Waals surface area contributed by atoms with Crippen LogP contribution in [0.15, 0.2) is 53.6 Å². The predicted molar refractivity (Wildman–Crippen MR) is 71.1 cm³/mol. The van der Waals surface area contributed by atoms with Gasteiger partial charge in [0, 0.05) is 5.92 Å². The van der Waals surface area contributed by atoms with Crippen LogP contribution < -0.4 is 0 Å². The molecule has 0 aliphatic carbocycles. The largest absolute Gasteiger partial charge is 0.238 e. The van der Waals surface area contributed by atoms with Crippen LogP contribution in [0.2, 0.25) is 0 Å². The molecule has 0 radical (unpaired) electrons. The number of hydrogen-bond acceptors (Lipinski definition) is 2. The van der Waals surface area contributed by atoms with Crippen molar-refractivity contribution in [2.45, 2.75) is 19.3 Å². The quantitative estimate of drug-likeness (QED) is 0.428. The molecule has 17 heavy (non-hydrogen) atoms. The van der Waals surface area contributed by atoms with Gasteiger partial charge in [-0.2, -0.15) is 5.26 Å². The third-order valence-corrected chi connectivity index (χ3v) is 2.50. The second-order valence-electron chi connectivity index (χ2n) is 3.64. The summed E-state index contributed by atoms with van der Waals surface area (Å²) in [5.74, 6) is 2.91. The van der Waals surface area contributed by atoms with E-state index in [2.05, 4.69) is 30.4 Å². The first kappa shape index (κ1) is 13.0. The first-order valence-corrected chi connectivity index (χ1v) is 5.68. The number of nitrogens with zero attached hydrogens (tertiary/aromatic N) is 2. The maximum atomic E-state index is 9.15. The first-order valence-electron chi connectivity index (χ1n) is 5.68. The van der Waals surface area contributed by atoms with Gasteiger partial charge in [-0.3, -0.25) is 0 Å². The Morgan fingerprint density at radius 3 is 2.71 bits per heavy atom. The van der Waals surface area contributed by atoms with Gasteiger partial charge < -0.3 is 0 Å². The Hall–Kier alpha value is -2.10. The molecule has 0 N–H and O–H groups in total. The number of aliphatic imine (C=N–C) groups is 1. The molecule has 2 heteroatoms. The van der Waals surface area contributed by atoms with Crippen LogP contribution in [0.3, 0.4) is 0 Å². The highest BCUT2D eigenvalue weighted by Gasteiger charge is 2.14. The van der Waals surface area contributed by atoms with Crippen LogP contribution in [0, 0.1) is 11.3 Å². The van der Waals surface area contributed by atoms with Crippen molar-refractivity contribution >= 4 is 5.87 Å². The van der Waals surface area contributed by atoms with E-state index in [1.54, 1.807) is 6.08 Å². The summed E-state index contributed by atoms with van der Waals surface area (Å²) >= 11 is 0. The van der Waals surface area contributed by atoms with Gasteiger partial charge >= 0.3 is 0 Å². The Morgan fingerprint density at radius 1 is 1.47 bits per heavy atom. The molecular weight excluding hydrogens is 208 g/mol. The Labute approximate surface area is 103 Å². The lowest BCUT2D eigenvalue weighted by molar-refractivity contribution is 0.785. The molecule has 86 valence electrons. The smallest absolute Gasteiger partial charge is 0.105 e. The van der Waals surface area contributed by atoms with Crippen molar-refractivity contribution in [3.8, 4) is 6.07 Å². The molecule has 0 amide bonds. The number of allylic oxidation sites excluding steroid dienone is 1. The average molecular weight is 224 g/mol. The molecule has 0 heterocycles. The van der Waals surface area contributed by atoms with Gasteiger partial charge in [0.1, 0.15) is 6.07 Å². The highest BCUT2D eigenvalue weighted by Crippen LogP contribution is 2.25. The fourth-order valence-corrected chi connectivity index (χ4v) is 1.67. The first-order chi connectivity index (χ1) is 8.33. The molecule has 0 aliphatic rings. The van der Waals surface area contributed by atoms with Gasteiger partial charge in [0.15, 0.2) is 0 Å². The van der Waals surface area contributed by atoms with E-state index in [9.17, 15) is 0 Å². The van der Waals surface area contributed by atoms with E-state index in [-0.39, 0.29) is 5.92 Å². The summed E-state index contributed by atoms with van der Waals surface area (Å²) < 4.78 is 0. The van der Waals surface area contributed by atoms with Gasteiger partial charge in [-0.1, -0.05) is 43.3 Å². The highest BCUT2D eigenvalue weighted by molar-refractivity contribution is 5.66. The normalized spacial score (nSPS) is 10.8. The van der Waals surface area contributed by atoms with Crippen molar-refractivity contribution in [3.63, 3.8) is 0 Å². The van der Waals surface area contributed by atoms with Gasteiger partial charge in [0.05, 0.1) is 12.1 Å². The Kier molecular flexibility index (Phi) is 5.51. The lowest BCUT2D eigenvalue weighted by atomic mass is 9.90. The number of nitriles is 1. The van der Waals surface area contributed by atoms with Gasteiger partial charge in [-0.05, 0) is 17.9 Å². The number of benzene rings is 1. The van der Waals surface area contributed by atoms with Gasteiger partial charge in [0.2, 0.25) is 0 Å². The minimum atomic E-state index is 0.0785. The summed E-state index contributed by atoms with van der Waals surface area (Å²) in [5, 5.41) is 9.15. The third kappa shape index (κ3) is 3.75. The second kappa shape index (κ2) is 7.22. The maximum absolute atomic E-state index is 9.15. The van der Waals surface area contributed by atoms with Crippen LogP contribution in [-0.2, 0) is 0 Å². The lowest BCUT2D eigenvalue weighted by Gasteiger charge is -2.11. The SMILES string of the molecule is C=CCN=C=C(C#N)C(CC)c1ccccc1. The molecule has 2 nitrogen and oxygen atoms in total. The van der Waals surface area contributed by atoms with Crippen LogP contribution >= 0.6 is 0 Å². The minimum absolute atomic E-state index is 0.0785. The molecule has 1 atom stereocenters. The predicted octanol–water partition coefficient (Wildman–Crippen LogP) is 3.49. The van der Waals surface area contributed by atoms with Crippen LogP contribution in [0.4, 0.5) is 0 Å². The van der Waals surface area contributed by atoms with Crippen molar-refractivity contribution in [2.75, 3.05) is 6.54 Å². The fraction of sp³-hybridized carbons (Fsp3) is 0.267. The Balaban J connectivity index is 3.05. The molecule has 0 aromatic heterocycles. The molecule has 0 spiro atoms. The summed E-state index contributed by atoms with van der Waals surface area (Å²) in [4.78, 5) is 4.03. The zero-order valence-electron chi connectivity index (χ0n) is 10.1. The molecular formula is C15H16N2. The molecule has 0 fully saturated rings.